The van der Waals surface area contributed by atoms with Gasteiger partial charge in [0.1, 0.15) is 17.9 Å². The first-order valence-corrected chi connectivity index (χ1v) is 14.3. The zero-order chi connectivity index (χ0) is 30.5. The highest BCUT2D eigenvalue weighted by Crippen LogP contribution is 2.42. The predicted octanol–water partition coefficient (Wildman–Crippen LogP) is 4.09. The van der Waals surface area contributed by atoms with E-state index in [9.17, 15) is 23.2 Å². The first-order chi connectivity index (χ1) is 20.6. The van der Waals surface area contributed by atoms with E-state index in [1.165, 1.54) is 18.1 Å². The van der Waals surface area contributed by atoms with Crippen LogP contribution in [0.4, 0.5) is 8.78 Å². The molecule has 43 heavy (non-hydrogen) atoms. The normalized spacial score (nSPS) is 23.5. The van der Waals surface area contributed by atoms with Gasteiger partial charge < -0.3 is 34.2 Å². The highest BCUT2D eigenvalue weighted by atomic mass is 19.2. The lowest BCUT2D eigenvalue weighted by Gasteiger charge is -2.48. The van der Waals surface area contributed by atoms with Gasteiger partial charge in [-0.05, 0) is 69.4 Å². The fourth-order valence-electron chi connectivity index (χ4n) is 5.91. The molecule has 2 aliphatic carbocycles. The van der Waals surface area contributed by atoms with Gasteiger partial charge in [-0.15, -0.1) is 0 Å². The quantitative estimate of drug-likeness (QED) is 0.402. The van der Waals surface area contributed by atoms with E-state index < -0.39 is 29.0 Å². The van der Waals surface area contributed by atoms with Gasteiger partial charge in [-0.25, -0.2) is 8.78 Å². The Labute approximate surface area is 246 Å². The highest BCUT2D eigenvalue weighted by Gasteiger charge is 2.53. The lowest BCUT2D eigenvalue weighted by atomic mass is 9.83. The number of nitrogens with one attached hydrogen (secondary N) is 2. The number of furan rings is 1. The van der Waals surface area contributed by atoms with E-state index in [1.54, 1.807) is 32.2 Å². The lowest BCUT2D eigenvalue weighted by Crippen LogP contribution is -2.66. The van der Waals surface area contributed by atoms with E-state index in [-0.39, 0.29) is 60.1 Å². The van der Waals surface area contributed by atoms with Gasteiger partial charge in [0.15, 0.2) is 22.9 Å². The van der Waals surface area contributed by atoms with Crippen molar-refractivity contribution in [1.29, 1.82) is 0 Å². The van der Waals surface area contributed by atoms with Crippen LogP contribution in [-0.2, 0) is 16.1 Å². The first kappa shape index (κ1) is 28.9. The lowest BCUT2D eigenvalue weighted by molar-refractivity contribution is -0.138. The van der Waals surface area contributed by atoms with Crippen LogP contribution < -0.4 is 20.1 Å². The fourth-order valence-corrected chi connectivity index (χ4v) is 5.91. The van der Waals surface area contributed by atoms with Crippen molar-refractivity contribution in [2.45, 2.75) is 69.3 Å². The molecule has 2 saturated carbocycles. The molecular formula is C31H33F2N3O7. The molecule has 2 aromatic carbocycles. The molecule has 0 bridgehead atoms. The van der Waals surface area contributed by atoms with E-state index in [0.29, 0.717) is 29.4 Å². The average molecular weight is 598 g/mol. The van der Waals surface area contributed by atoms with Crippen LogP contribution in [0.15, 0.2) is 34.7 Å². The van der Waals surface area contributed by atoms with Gasteiger partial charge in [-0.2, -0.15) is 0 Å². The Balaban J connectivity index is 1.30. The van der Waals surface area contributed by atoms with Crippen LogP contribution in [-0.4, -0.2) is 67.2 Å². The number of ether oxygens (including phenoxy) is 3. The molecule has 3 aromatic rings. The molecule has 2 heterocycles. The number of fused-ring (bicyclic) bond motifs is 3. The standard InChI is InChI=1S/C31H33F2N3O7/c1-31(30(39)34-14-21-23(41-3)10-9-22(32)25(21)33)15-42-26-20-8-7-16(28(37)35-17-5-4-6-17)11-24(20)43-27(26)29(38)36(31)18-12-19(13-18)40-2/h7-11,17-19H,4-6,12-15H2,1-3H3,(H,34,39)(H,35,37)/t18-,19+,31?. The minimum absolute atomic E-state index is 0.0720. The van der Waals surface area contributed by atoms with Gasteiger partial charge in [-0.1, -0.05) is 0 Å². The third-order valence-electron chi connectivity index (χ3n) is 8.85. The molecule has 2 fully saturated rings. The van der Waals surface area contributed by atoms with Crippen LogP contribution in [0, 0.1) is 11.6 Å². The number of carbonyl (C=O) groups excluding carboxylic acids is 3. The van der Waals surface area contributed by atoms with Gasteiger partial charge in [0.2, 0.25) is 11.7 Å². The SMILES string of the molecule is COc1ccc(F)c(F)c1CNC(=O)C1(C)COc2c(oc3cc(C(=O)NC4CCC4)ccc23)C(=O)N1[C@H]1C[C@@H](OC)C1. The Bertz CT molecular complexity index is 1600. The number of halogens is 2. The van der Waals surface area contributed by atoms with E-state index in [4.69, 9.17) is 18.6 Å². The number of nitrogens with zero attached hydrogens (tertiary/aromatic N) is 1. The second-order valence-electron chi connectivity index (χ2n) is 11.5. The molecule has 0 spiro atoms. The van der Waals surface area contributed by atoms with Crippen LogP contribution in [0.2, 0.25) is 0 Å². The van der Waals surface area contributed by atoms with Crippen LogP contribution >= 0.6 is 0 Å². The molecule has 12 heteroatoms. The second kappa shape index (κ2) is 11.1. The summed E-state index contributed by atoms with van der Waals surface area (Å²) < 4.78 is 51.3. The van der Waals surface area contributed by atoms with Gasteiger partial charge in [-0.3, -0.25) is 14.4 Å². The van der Waals surface area contributed by atoms with Crippen molar-refractivity contribution in [3.8, 4) is 11.5 Å². The second-order valence-corrected chi connectivity index (χ2v) is 11.5. The molecule has 1 aliphatic heterocycles. The fraction of sp³-hybridized carbons (Fsp3) is 0.452. The van der Waals surface area contributed by atoms with E-state index in [0.717, 1.165) is 25.3 Å². The molecule has 10 nitrogen and oxygen atoms in total. The molecule has 0 radical (unpaired) electrons. The first-order valence-electron chi connectivity index (χ1n) is 14.3. The molecule has 3 amide bonds. The summed E-state index contributed by atoms with van der Waals surface area (Å²) >= 11 is 0. The molecule has 1 aromatic heterocycles. The van der Waals surface area contributed by atoms with Crippen LogP contribution in [0.25, 0.3) is 11.0 Å². The summed E-state index contributed by atoms with van der Waals surface area (Å²) in [7, 11) is 2.90. The van der Waals surface area contributed by atoms with Crippen molar-refractivity contribution >= 4 is 28.7 Å². The van der Waals surface area contributed by atoms with Gasteiger partial charge >= 0.3 is 0 Å². The minimum atomic E-state index is -1.55. The van der Waals surface area contributed by atoms with Crippen molar-refractivity contribution in [2.24, 2.45) is 0 Å². The number of carbonyl (C=O) groups is 3. The smallest absolute Gasteiger partial charge is 0.294 e. The summed E-state index contributed by atoms with van der Waals surface area (Å²) in [6, 6.07) is 6.89. The van der Waals surface area contributed by atoms with Gasteiger partial charge in [0, 0.05) is 31.3 Å². The van der Waals surface area contributed by atoms with Crippen molar-refractivity contribution in [1.82, 2.24) is 15.5 Å². The molecule has 1 unspecified atom stereocenters. The zero-order valence-corrected chi connectivity index (χ0v) is 24.1. The molecule has 0 saturated heterocycles. The summed E-state index contributed by atoms with van der Waals surface area (Å²) in [5, 5.41) is 6.13. The van der Waals surface area contributed by atoms with Crippen molar-refractivity contribution in [3.63, 3.8) is 0 Å². The molecule has 1 atom stereocenters. The van der Waals surface area contributed by atoms with Gasteiger partial charge in [0.25, 0.3) is 11.8 Å². The van der Waals surface area contributed by atoms with Crippen molar-refractivity contribution in [2.75, 3.05) is 20.8 Å². The van der Waals surface area contributed by atoms with Crippen LogP contribution in [0.1, 0.15) is 65.5 Å². The molecule has 6 rings (SSSR count). The van der Waals surface area contributed by atoms with Gasteiger partial charge in [0.05, 0.1) is 24.2 Å². The largest absolute Gasteiger partial charge is 0.496 e. The molecule has 2 N–H and O–H groups in total. The van der Waals surface area contributed by atoms with Crippen molar-refractivity contribution < 1.29 is 41.8 Å². The van der Waals surface area contributed by atoms with E-state index in [1.807, 2.05) is 0 Å². The number of rotatable bonds is 8. The summed E-state index contributed by atoms with van der Waals surface area (Å²) in [6.07, 6.45) is 3.86. The van der Waals surface area contributed by atoms with Crippen molar-refractivity contribution in [3.05, 3.63) is 58.9 Å². The predicted molar refractivity (Wildman–Crippen MR) is 150 cm³/mol. The number of methoxy groups -OCH3 is 2. The maximum Gasteiger partial charge on any atom is 0.294 e. The topological polar surface area (TPSA) is 119 Å². The summed E-state index contributed by atoms with van der Waals surface area (Å²) in [5.74, 6) is -3.46. The average Bonchev–Trinajstić information content (AvgIpc) is 3.28. The Morgan fingerprint density at radius 3 is 2.58 bits per heavy atom. The minimum Gasteiger partial charge on any atom is -0.496 e. The molecule has 228 valence electrons. The third kappa shape index (κ3) is 4.97. The number of hydrogen-bond acceptors (Lipinski definition) is 7. The Morgan fingerprint density at radius 1 is 1.14 bits per heavy atom. The Morgan fingerprint density at radius 2 is 1.91 bits per heavy atom. The summed E-state index contributed by atoms with van der Waals surface area (Å²) in [6.45, 7) is 0.941. The summed E-state index contributed by atoms with van der Waals surface area (Å²) in [5.41, 5.74) is -0.998. The number of benzene rings is 2. The zero-order valence-electron chi connectivity index (χ0n) is 24.1. The summed E-state index contributed by atoms with van der Waals surface area (Å²) in [4.78, 5) is 42.2. The Hall–Kier alpha value is -4.19. The maximum absolute atomic E-state index is 14.6. The number of amides is 3. The van der Waals surface area contributed by atoms with E-state index >= 15 is 0 Å². The third-order valence-corrected chi connectivity index (χ3v) is 8.85. The Kier molecular flexibility index (Phi) is 7.49. The number of hydrogen-bond donors (Lipinski definition) is 2. The molecular weight excluding hydrogens is 564 g/mol. The maximum atomic E-state index is 14.6. The van der Waals surface area contributed by atoms with Crippen LogP contribution in [0.3, 0.4) is 0 Å². The highest BCUT2D eigenvalue weighted by molar-refractivity contribution is 6.06. The van der Waals surface area contributed by atoms with Crippen LogP contribution in [0.5, 0.6) is 11.5 Å². The molecule has 3 aliphatic rings. The van der Waals surface area contributed by atoms with E-state index in [2.05, 4.69) is 10.6 Å². The monoisotopic (exact) mass is 597 g/mol.